The zero-order valence-corrected chi connectivity index (χ0v) is 15.5. The number of carbonyl (C=O) groups is 1. The Morgan fingerprint density at radius 2 is 1.87 bits per heavy atom. The van der Waals surface area contributed by atoms with E-state index in [1.807, 2.05) is 41.5 Å². The topological polar surface area (TPSA) is 66.5 Å². The maximum atomic E-state index is 12.6. The van der Waals surface area contributed by atoms with Gasteiger partial charge in [0, 0.05) is 12.6 Å². The van der Waals surface area contributed by atoms with Gasteiger partial charge in [-0.25, -0.2) is 13.1 Å². The number of nitrogens with one attached hydrogen (secondary N) is 1. The average Bonchev–Trinajstić information content (AvgIpc) is 2.66. The highest BCUT2D eigenvalue weighted by Crippen LogP contribution is 2.44. The number of aryl methyl sites for hydroxylation is 1. The Hall–Kier alpha value is -1.40. The molecule has 0 radical (unpaired) electrons. The van der Waals surface area contributed by atoms with Crippen molar-refractivity contribution >= 4 is 21.6 Å². The van der Waals surface area contributed by atoms with Gasteiger partial charge in [0.2, 0.25) is 15.9 Å². The normalized spacial score (nSPS) is 18.2. The van der Waals surface area contributed by atoms with E-state index < -0.39 is 15.4 Å². The lowest BCUT2D eigenvalue weighted by atomic mass is 9.85. The molecule has 0 bridgehead atoms. The van der Waals surface area contributed by atoms with Gasteiger partial charge in [-0.1, -0.05) is 6.92 Å². The lowest BCUT2D eigenvalue weighted by Crippen LogP contribution is -2.36. The summed E-state index contributed by atoms with van der Waals surface area (Å²) in [6, 6.07) is 3.18. The van der Waals surface area contributed by atoms with Crippen LogP contribution in [0, 0.1) is 6.92 Å². The summed E-state index contributed by atoms with van der Waals surface area (Å²) in [7, 11) is -3.59. The molecule has 0 saturated carbocycles. The van der Waals surface area contributed by atoms with Crippen molar-refractivity contribution in [3.8, 4) is 0 Å². The molecule has 1 aliphatic rings. The Labute approximate surface area is 139 Å². The molecule has 0 aliphatic carbocycles. The molecule has 6 heteroatoms. The molecule has 1 N–H and O–H groups in total. The SMILES string of the molecule is CC[C@H](C)NS(=O)(=O)c1cc(C)c2c(c1)C(C)(C)C(=O)N2CC. The first-order valence-electron chi connectivity index (χ1n) is 8.05. The number of hydrogen-bond acceptors (Lipinski definition) is 3. The summed E-state index contributed by atoms with van der Waals surface area (Å²) in [5, 5.41) is 0. The van der Waals surface area contributed by atoms with Crippen molar-refractivity contribution in [2.75, 3.05) is 11.4 Å². The van der Waals surface area contributed by atoms with E-state index in [1.165, 1.54) is 0 Å². The maximum absolute atomic E-state index is 12.6. The summed E-state index contributed by atoms with van der Waals surface area (Å²) in [6.07, 6.45) is 0.719. The first kappa shape index (κ1) is 17.9. The minimum atomic E-state index is -3.59. The van der Waals surface area contributed by atoms with E-state index in [1.54, 1.807) is 17.0 Å². The fourth-order valence-corrected chi connectivity index (χ4v) is 4.45. The predicted molar refractivity (Wildman–Crippen MR) is 92.3 cm³/mol. The molecule has 1 aliphatic heterocycles. The summed E-state index contributed by atoms with van der Waals surface area (Å²) in [4.78, 5) is 14.6. The van der Waals surface area contributed by atoms with Crippen molar-refractivity contribution in [1.29, 1.82) is 0 Å². The maximum Gasteiger partial charge on any atom is 0.240 e. The van der Waals surface area contributed by atoms with Crippen LogP contribution in [0.25, 0.3) is 0 Å². The molecule has 0 fully saturated rings. The summed E-state index contributed by atoms with van der Waals surface area (Å²) >= 11 is 0. The summed E-state index contributed by atoms with van der Waals surface area (Å²) < 4.78 is 27.9. The van der Waals surface area contributed by atoms with Crippen LogP contribution in [0.15, 0.2) is 17.0 Å². The van der Waals surface area contributed by atoms with E-state index in [2.05, 4.69) is 4.72 Å². The lowest BCUT2D eigenvalue weighted by Gasteiger charge is -2.18. The second kappa shape index (κ2) is 5.91. The number of fused-ring (bicyclic) bond motifs is 1. The first-order valence-corrected chi connectivity index (χ1v) is 9.54. The highest BCUT2D eigenvalue weighted by atomic mass is 32.2. The molecule has 2 rings (SSSR count). The number of carbonyl (C=O) groups excluding carboxylic acids is 1. The van der Waals surface area contributed by atoms with E-state index in [-0.39, 0.29) is 16.8 Å². The summed E-state index contributed by atoms with van der Waals surface area (Å²) in [5.41, 5.74) is 1.74. The Balaban J connectivity index is 2.61. The Bertz CT molecular complexity index is 738. The third-order valence-corrected chi connectivity index (χ3v) is 6.16. The van der Waals surface area contributed by atoms with Crippen LogP contribution in [0.3, 0.4) is 0 Å². The average molecular weight is 338 g/mol. The molecule has 1 aromatic rings. The second-order valence-corrected chi connectivity index (χ2v) is 8.46. The van der Waals surface area contributed by atoms with Gasteiger partial charge in [-0.15, -0.1) is 0 Å². The Kier molecular flexibility index (Phi) is 4.61. The van der Waals surface area contributed by atoms with Crippen molar-refractivity contribution < 1.29 is 13.2 Å². The van der Waals surface area contributed by atoms with Crippen LogP contribution in [0.5, 0.6) is 0 Å². The van der Waals surface area contributed by atoms with Crippen LogP contribution in [-0.2, 0) is 20.2 Å². The van der Waals surface area contributed by atoms with Gasteiger partial charge in [0.15, 0.2) is 0 Å². The van der Waals surface area contributed by atoms with Crippen LogP contribution in [0.1, 0.15) is 52.2 Å². The molecule has 0 saturated heterocycles. The van der Waals surface area contributed by atoms with Crippen LogP contribution < -0.4 is 9.62 Å². The minimum absolute atomic E-state index is 0.0162. The quantitative estimate of drug-likeness (QED) is 0.897. The van der Waals surface area contributed by atoms with Gasteiger partial charge >= 0.3 is 0 Å². The molecule has 0 spiro atoms. The predicted octanol–water partition coefficient (Wildman–Crippen LogP) is 2.72. The van der Waals surface area contributed by atoms with Crippen molar-refractivity contribution in [3.63, 3.8) is 0 Å². The number of likely N-dealkylation sites (N-methyl/N-ethyl adjacent to an activating group) is 1. The van der Waals surface area contributed by atoms with Crippen LogP contribution in [0.2, 0.25) is 0 Å². The van der Waals surface area contributed by atoms with E-state index >= 15 is 0 Å². The smallest absolute Gasteiger partial charge is 0.240 e. The third kappa shape index (κ3) is 2.90. The van der Waals surface area contributed by atoms with Crippen molar-refractivity contribution in [3.05, 3.63) is 23.3 Å². The monoisotopic (exact) mass is 338 g/mol. The van der Waals surface area contributed by atoms with E-state index in [0.29, 0.717) is 6.54 Å². The molecule has 1 amide bonds. The van der Waals surface area contributed by atoms with Crippen molar-refractivity contribution in [2.45, 2.75) is 64.3 Å². The molecule has 0 aromatic heterocycles. The molecule has 1 atom stereocenters. The fraction of sp³-hybridized carbons (Fsp3) is 0.588. The largest absolute Gasteiger partial charge is 0.311 e. The van der Waals surface area contributed by atoms with Crippen LogP contribution in [-0.4, -0.2) is 26.9 Å². The Morgan fingerprint density at radius 1 is 1.26 bits per heavy atom. The number of rotatable bonds is 5. The first-order chi connectivity index (χ1) is 10.6. The number of benzene rings is 1. The molecule has 23 heavy (non-hydrogen) atoms. The number of sulfonamides is 1. The molecular weight excluding hydrogens is 312 g/mol. The lowest BCUT2D eigenvalue weighted by molar-refractivity contribution is -0.122. The van der Waals surface area contributed by atoms with Crippen molar-refractivity contribution in [1.82, 2.24) is 4.72 Å². The molecular formula is C17H26N2O3S. The van der Waals surface area contributed by atoms with Gasteiger partial charge < -0.3 is 4.90 Å². The summed E-state index contributed by atoms with van der Waals surface area (Å²) in [5.74, 6) is 0.0162. The zero-order chi connectivity index (χ0) is 17.6. The van der Waals surface area contributed by atoms with E-state index in [0.717, 1.165) is 23.2 Å². The fourth-order valence-electron chi connectivity index (χ4n) is 3.01. The van der Waals surface area contributed by atoms with Gasteiger partial charge in [0.25, 0.3) is 0 Å². The van der Waals surface area contributed by atoms with Crippen LogP contribution >= 0.6 is 0 Å². The minimum Gasteiger partial charge on any atom is -0.311 e. The number of nitrogens with zero attached hydrogens (tertiary/aromatic N) is 1. The second-order valence-electron chi connectivity index (χ2n) is 6.74. The number of hydrogen-bond donors (Lipinski definition) is 1. The van der Waals surface area contributed by atoms with Gasteiger partial charge in [-0.3, -0.25) is 4.79 Å². The molecule has 128 valence electrons. The number of anilines is 1. The van der Waals surface area contributed by atoms with Gasteiger partial charge in [-0.05, 0) is 64.3 Å². The summed E-state index contributed by atoms with van der Waals surface area (Å²) in [6.45, 7) is 11.8. The van der Waals surface area contributed by atoms with Crippen molar-refractivity contribution in [2.24, 2.45) is 0 Å². The Morgan fingerprint density at radius 3 is 2.39 bits per heavy atom. The number of amides is 1. The third-order valence-electron chi connectivity index (χ3n) is 4.59. The van der Waals surface area contributed by atoms with Crippen LogP contribution in [0.4, 0.5) is 5.69 Å². The van der Waals surface area contributed by atoms with Gasteiger partial charge in [0.1, 0.15) is 0 Å². The standard InChI is InChI=1S/C17H26N2O3S/c1-7-12(4)18-23(21,22)13-9-11(3)15-14(10-13)17(5,6)16(20)19(15)8-2/h9-10,12,18H,7-8H2,1-6H3/t12-/m0/s1. The molecule has 1 heterocycles. The van der Waals surface area contributed by atoms with E-state index in [4.69, 9.17) is 0 Å². The van der Waals surface area contributed by atoms with E-state index in [9.17, 15) is 13.2 Å². The highest BCUT2D eigenvalue weighted by molar-refractivity contribution is 7.89. The molecule has 1 aromatic carbocycles. The van der Waals surface area contributed by atoms with Gasteiger partial charge in [-0.2, -0.15) is 0 Å². The molecule has 0 unspecified atom stereocenters. The zero-order valence-electron chi connectivity index (χ0n) is 14.7. The van der Waals surface area contributed by atoms with Gasteiger partial charge in [0.05, 0.1) is 16.0 Å². The highest BCUT2D eigenvalue weighted by Gasteiger charge is 2.44. The molecule has 5 nitrogen and oxygen atoms in total.